The molecule has 0 saturated carbocycles. The van der Waals surface area contributed by atoms with Crippen LogP contribution in [0.2, 0.25) is 0 Å². The van der Waals surface area contributed by atoms with Crippen LogP contribution in [0.5, 0.6) is 5.75 Å². The molecule has 0 aliphatic heterocycles. The van der Waals surface area contributed by atoms with Crippen LogP contribution in [0.1, 0.15) is 0 Å². The molecule has 8 heteroatoms. The summed E-state index contributed by atoms with van der Waals surface area (Å²) in [5.74, 6) is 5.01. The van der Waals surface area contributed by atoms with Gasteiger partial charge in [-0.2, -0.15) is 0 Å². The molecule has 1 aromatic carbocycles. The number of aliphatic imine (C=N–C) groups is 1. The average Bonchev–Trinajstić information content (AvgIpc) is 2.24. The Hall–Kier alpha value is -1.96. The number of guanidine groups is 1. The Bertz CT molecular complexity index is 405. The van der Waals surface area contributed by atoms with Crippen LogP contribution in [0.15, 0.2) is 29.3 Å². The van der Waals surface area contributed by atoms with Crippen LogP contribution >= 0.6 is 0 Å². The Morgan fingerprint density at radius 3 is 2.65 bits per heavy atom. The van der Waals surface area contributed by atoms with Crippen molar-refractivity contribution in [1.29, 1.82) is 0 Å². The lowest BCUT2D eigenvalue weighted by Gasteiger charge is -2.11. The maximum absolute atomic E-state index is 12.0. The summed E-state index contributed by atoms with van der Waals surface area (Å²) in [6, 6.07) is 5.33. The fourth-order valence-electron chi connectivity index (χ4n) is 1.06. The lowest BCUT2D eigenvalue weighted by molar-refractivity contribution is -0.274. The molecule has 0 unspecified atom stereocenters. The molecule has 0 atom stereocenters. The van der Waals surface area contributed by atoms with E-state index in [0.717, 1.165) is 0 Å². The van der Waals surface area contributed by atoms with Gasteiger partial charge in [-0.25, -0.2) is 5.84 Å². The van der Waals surface area contributed by atoms with Crippen LogP contribution in [0.25, 0.3) is 0 Å². The number of alkyl halides is 3. The first-order valence-electron chi connectivity index (χ1n) is 4.51. The molecule has 4 N–H and O–H groups in total. The molecule has 0 amide bonds. The number of ether oxygens (including phenoxy) is 1. The lowest BCUT2D eigenvalue weighted by atomic mass is 10.3. The van der Waals surface area contributed by atoms with Gasteiger partial charge >= 0.3 is 6.36 Å². The minimum Gasteiger partial charge on any atom is -0.406 e. The minimum absolute atomic E-state index is 0.217. The second-order valence-corrected chi connectivity index (χ2v) is 2.92. The third-order valence-corrected chi connectivity index (χ3v) is 1.69. The topological polar surface area (TPSA) is 71.7 Å². The first-order valence-corrected chi connectivity index (χ1v) is 4.51. The Balaban J connectivity index is 2.79. The smallest absolute Gasteiger partial charge is 0.406 e. The van der Waals surface area contributed by atoms with Crippen LogP contribution in [0.4, 0.5) is 18.9 Å². The number of benzene rings is 1. The summed E-state index contributed by atoms with van der Waals surface area (Å²) in [6.07, 6.45) is -4.72. The quantitative estimate of drug-likeness (QED) is 0.320. The van der Waals surface area contributed by atoms with E-state index < -0.39 is 6.36 Å². The number of halogens is 3. The van der Waals surface area contributed by atoms with Gasteiger partial charge in [0.15, 0.2) is 0 Å². The zero-order chi connectivity index (χ0) is 12.9. The number of nitrogens with zero attached hydrogens (tertiary/aromatic N) is 1. The number of hydrogen-bond donors (Lipinski definition) is 3. The minimum atomic E-state index is -4.72. The van der Waals surface area contributed by atoms with Crippen LogP contribution in [-0.2, 0) is 0 Å². The van der Waals surface area contributed by atoms with Gasteiger partial charge in [-0.05, 0) is 12.1 Å². The Morgan fingerprint density at radius 1 is 1.41 bits per heavy atom. The van der Waals surface area contributed by atoms with Gasteiger partial charge in [-0.3, -0.25) is 10.4 Å². The van der Waals surface area contributed by atoms with Crippen molar-refractivity contribution >= 4 is 11.6 Å². The third kappa shape index (κ3) is 4.60. The SMILES string of the molecule is CN=C(NN)Nc1cccc(OC(F)(F)F)c1. The monoisotopic (exact) mass is 248 g/mol. The van der Waals surface area contributed by atoms with E-state index in [-0.39, 0.29) is 11.7 Å². The molecule has 1 rings (SSSR count). The molecule has 17 heavy (non-hydrogen) atoms. The first-order chi connectivity index (χ1) is 7.94. The van der Waals surface area contributed by atoms with Gasteiger partial charge in [0.1, 0.15) is 5.75 Å². The van der Waals surface area contributed by atoms with E-state index in [9.17, 15) is 13.2 Å². The van der Waals surface area contributed by atoms with E-state index in [1.165, 1.54) is 25.2 Å². The second-order valence-electron chi connectivity index (χ2n) is 2.92. The van der Waals surface area contributed by atoms with Crippen molar-refractivity contribution in [2.45, 2.75) is 6.36 Å². The Kier molecular flexibility index (Phi) is 4.16. The molecule has 0 saturated heterocycles. The predicted molar refractivity (Wildman–Crippen MR) is 57.4 cm³/mol. The molecule has 0 aliphatic rings. The predicted octanol–water partition coefficient (Wildman–Crippen LogP) is 1.45. The summed E-state index contributed by atoms with van der Waals surface area (Å²) in [5.41, 5.74) is 2.61. The van der Waals surface area contributed by atoms with E-state index in [0.29, 0.717) is 5.69 Å². The van der Waals surface area contributed by atoms with Gasteiger partial charge in [-0.15, -0.1) is 13.2 Å². The molecular weight excluding hydrogens is 237 g/mol. The van der Waals surface area contributed by atoms with Gasteiger partial charge in [0.2, 0.25) is 5.96 Å². The largest absolute Gasteiger partial charge is 0.573 e. The second kappa shape index (κ2) is 5.39. The fraction of sp³-hybridized carbons (Fsp3) is 0.222. The normalized spacial score (nSPS) is 12.2. The highest BCUT2D eigenvalue weighted by atomic mass is 19.4. The summed E-state index contributed by atoms with van der Waals surface area (Å²) in [4.78, 5) is 3.71. The molecule has 0 fully saturated rings. The van der Waals surface area contributed by atoms with Gasteiger partial charge < -0.3 is 10.1 Å². The standard InChI is InChI=1S/C9H11F3N4O/c1-14-8(16-13)15-6-3-2-4-7(5-6)17-9(10,11)12/h2-5H,13H2,1H3,(H2,14,15,16). The molecule has 94 valence electrons. The number of nitrogens with two attached hydrogens (primary N) is 1. The number of hydrazine groups is 1. The van der Waals surface area contributed by atoms with E-state index in [4.69, 9.17) is 5.84 Å². The van der Waals surface area contributed by atoms with Crippen molar-refractivity contribution in [2.24, 2.45) is 10.8 Å². The molecule has 0 spiro atoms. The highest BCUT2D eigenvalue weighted by molar-refractivity contribution is 5.93. The maximum atomic E-state index is 12.0. The molecule has 0 radical (unpaired) electrons. The number of anilines is 1. The molecule has 5 nitrogen and oxygen atoms in total. The average molecular weight is 248 g/mol. The number of rotatable bonds is 2. The summed E-state index contributed by atoms with van der Waals surface area (Å²) < 4.78 is 39.7. The van der Waals surface area contributed by atoms with Crippen LogP contribution in [0, 0.1) is 0 Å². The molecule has 0 heterocycles. The van der Waals surface area contributed by atoms with Crippen LogP contribution in [0.3, 0.4) is 0 Å². The molecule has 1 aromatic rings. The van der Waals surface area contributed by atoms with Crippen molar-refractivity contribution in [3.05, 3.63) is 24.3 Å². The van der Waals surface area contributed by atoms with Gasteiger partial charge in [0.05, 0.1) is 0 Å². The Labute approximate surface area is 95.4 Å². The summed E-state index contributed by atoms with van der Waals surface area (Å²) >= 11 is 0. The van der Waals surface area contributed by atoms with E-state index in [1.807, 2.05) is 0 Å². The van der Waals surface area contributed by atoms with Crippen molar-refractivity contribution in [2.75, 3.05) is 12.4 Å². The lowest BCUT2D eigenvalue weighted by Crippen LogP contribution is -2.36. The third-order valence-electron chi connectivity index (χ3n) is 1.69. The van der Waals surface area contributed by atoms with Crippen molar-refractivity contribution < 1.29 is 17.9 Å². The van der Waals surface area contributed by atoms with Crippen molar-refractivity contribution in [3.8, 4) is 5.75 Å². The Morgan fingerprint density at radius 2 is 2.12 bits per heavy atom. The highest BCUT2D eigenvalue weighted by Crippen LogP contribution is 2.24. The van der Waals surface area contributed by atoms with E-state index in [1.54, 1.807) is 6.07 Å². The van der Waals surface area contributed by atoms with Crippen LogP contribution < -0.4 is 21.3 Å². The first kappa shape index (κ1) is 13.1. The molecule has 0 aromatic heterocycles. The zero-order valence-electron chi connectivity index (χ0n) is 8.88. The van der Waals surface area contributed by atoms with E-state index in [2.05, 4.69) is 20.5 Å². The summed E-state index contributed by atoms with van der Waals surface area (Å²) in [7, 11) is 1.47. The van der Waals surface area contributed by atoms with Crippen LogP contribution in [-0.4, -0.2) is 19.4 Å². The molecular formula is C9H11F3N4O. The molecule has 0 bridgehead atoms. The van der Waals surface area contributed by atoms with Gasteiger partial charge in [-0.1, -0.05) is 6.07 Å². The van der Waals surface area contributed by atoms with E-state index >= 15 is 0 Å². The van der Waals surface area contributed by atoms with Gasteiger partial charge in [0.25, 0.3) is 0 Å². The molecule has 0 aliphatic carbocycles. The van der Waals surface area contributed by atoms with Gasteiger partial charge in [0, 0.05) is 18.8 Å². The summed E-state index contributed by atoms with van der Waals surface area (Å²) in [5, 5.41) is 2.67. The van der Waals surface area contributed by atoms with Crippen molar-refractivity contribution in [3.63, 3.8) is 0 Å². The zero-order valence-corrected chi connectivity index (χ0v) is 8.88. The number of hydrogen-bond acceptors (Lipinski definition) is 3. The summed E-state index contributed by atoms with van der Waals surface area (Å²) in [6.45, 7) is 0. The maximum Gasteiger partial charge on any atom is 0.573 e. The fourth-order valence-corrected chi connectivity index (χ4v) is 1.06. The van der Waals surface area contributed by atoms with Crippen molar-refractivity contribution in [1.82, 2.24) is 5.43 Å². The highest BCUT2D eigenvalue weighted by Gasteiger charge is 2.31. The number of nitrogens with one attached hydrogen (secondary N) is 2.